The third-order valence-corrected chi connectivity index (χ3v) is 6.60. The molecule has 15 nitrogen and oxygen atoms in total. The van der Waals surface area contributed by atoms with Gasteiger partial charge in [0.1, 0.15) is 12.6 Å². The molecule has 0 aromatic carbocycles. The van der Waals surface area contributed by atoms with Crippen LogP contribution in [-0.4, -0.2) is 92.9 Å². The molecule has 238 valence electrons. The summed E-state index contributed by atoms with van der Waals surface area (Å²) in [5.41, 5.74) is 0. The van der Waals surface area contributed by atoms with Crippen molar-refractivity contribution in [3.05, 3.63) is 0 Å². The molecule has 15 heteroatoms. The van der Waals surface area contributed by atoms with E-state index < -0.39 is 91.7 Å². The molecule has 0 saturated carbocycles. The molecular formula is C27H43N3O12. The number of nitrogens with one attached hydrogen (secondary N) is 3. The number of aliphatic hydroxyl groups excluding tert-OH is 1. The molecule has 0 heterocycles. The van der Waals surface area contributed by atoms with Crippen LogP contribution in [0.5, 0.6) is 0 Å². The zero-order chi connectivity index (χ0) is 32.2. The van der Waals surface area contributed by atoms with Crippen molar-refractivity contribution in [2.45, 2.75) is 96.6 Å². The van der Waals surface area contributed by atoms with Crippen LogP contribution >= 0.6 is 0 Å². The van der Waals surface area contributed by atoms with Gasteiger partial charge in [0.15, 0.2) is 11.6 Å². The number of hydrogen-bond donors (Lipinski definition) is 7. The molecule has 0 fully saturated rings. The van der Waals surface area contributed by atoms with Gasteiger partial charge in [-0.2, -0.15) is 0 Å². The van der Waals surface area contributed by atoms with E-state index in [4.69, 9.17) is 20.4 Å². The van der Waals surface area contributed by atoms with E-state index in [2.05, 4.69) is 16.0 Å². The van der Waals surface area contributed by atoms with Crippen molar-refractivity contribution in [1.82, 2.24) is 16.0 Å². The summed E-state index contributed by atoms with van der Waals surface area (Å²) >= 11 is 0. The van der Waals surface area contributed by atoms with E-state index in [1.54, 1.807) is 0 Å². The Balaban J connectivity index is 5.48. The molecule has 42 heavy (non-hydrogen) atoms. The Morgan fingerprint density at radius 3 is 1.69 bits per heavy atom. The number of aliphatic carboxylic acids is 3. The number of carboxylic acids is 3. The van der Waals surface area contributed by atoms with Crippen LogP contribution in [-0.2, 0) is 38.4 Å². The summed E-state index contributed by atoms with van der Waals surface area (Å²) in [6.45, 7) is 2.56. The number of amides is 3. The van der Waals surface area contributed by atoms with Crippen LogP contribution in [0.4, 0.5) is 0 Å². The molecule has 4 atom stereocenters. The van der Waals surface area contributed by atoms with E-state index in [0.29, 0.717) is 25.7 Å². The molecule has 0 aromatic heterocycles. The SMILES string of the molecule is CC[C@@H](CCCCNC(=O)[C@H](CCC(=O)O)NC(=O)[C@H](CCC(=O)O)CC(=O)[C@H](CCC(=O)O)NC(C)=O)C(=O)CO. The standard InChI is InChI=1S/C27H43N3O12/c1-3-17(22(34)15-31)6-4-5-13-28-27(42)20(9-12-25(39)40)30-26(41)18(7-10-23(35)36)14-21(33)19(29-16(2)32)8-11-24(37)38/h17-20,31H,3-15H2,1-2H3,(H,28,42)(H,29,32)(H,30,41)(H,35,36)(H,37,38)(H,39,40)/t17-,18+,19-,20-/m0/s1. The van der Waals surface area contributed by atoms with Gasteiger partial charge in [-0.25, -0.2) is 0 Å². The Morgan fingerprint density at radius 1 is 0.643 bits per heavy atom. The number of carbonyl (C=O) groups excluding carboxylic acids is 5. The van der Waals surface area contributed by atoms with E-state index in [9.17, 15) is 38.4 Å². The Kier molecular flexibility index (Phi) is 19.0. The lowest BCUT2D eigenvalue weighted by Gasteiger charge is -2.23. The third kappa shape index (κ3) is 17.0. The summed E-state index contributed by atoms with van der Waals surface area (Å²) in [4.78, 5) is 95.3. The van der Waals surface area contributed by atoms with Crippen molar-refractivity contribution >= 4 is 47.2 Å². The van der Waals surface area contributed by atoms with Crippen LogP contribution in [0, 0.1) is 11.8 Å². The highest BCUT2D eigenvalue weighted by Gasteiger charge is 2.31. The van der Waals surface area contributed by atoms with Gasteiger partial charge in [0.25, 0.3) is 0 Å². The fourth-order valence-electron chi connectivity index (χ4n) is 4.23. The first-order valence-electron chi connectivity index (χ1n) is 13.9. The molecule has 0 rings (SSSR count). The van der Waals surface area contributed by atoms with Crippen molar-refractivity contribution in [3.8, 4) is 0 Å². The third-order valence-electron chi connectivity index (χ3n) is 6.60. The first kappa shape index (κ1) is 38.1. The number of carboxylic acid groups (broad SMARTS) is 3. The molecule has 0 aromatic rings. The smallest absolute Gasteiger partial charge is 0.303 e. The van der Waals surface area contributed by atoms with E-state index in [-0.39, 0.29) is 37.5 Å². The first-order chi connectivity index (χ1) is 19.7. The summed E-state index contributed by atoms with van der Waals surface area (Å²) in [5.74, 6) is -8.39. The molecule has 0 spiro atoms. The fourth-order valence-corrected chi connectivity index (χ4v) is 4.23. The van der Waals surface area contributed by atoms with E-state index in [1.165, 1.54) is 0 Å². The van der Waals surface area contributed by atoms with Gasteiger partial charge >= 0.3 is 17.9 Å². The van der Waals surface area contributed by atoms with E-state index in [0.717, 1.165) is 6.92 Å². The minimum Gasteiger partial charge on any atom is -0.481 e. The van der Waals surface area contributed by atoms with E-state index >= 15 is 0 Å². The highest BCUT2D eigenvalue weighted by atomic mass is 16.4. The van der Waals surface area contributed by atoms with Crippen molar-refractivity contribution in [1.29, 1.82) is 0 Å². The van der Waals surface area contributed by atoms with Crippen LogP contribution in [0.3, 0.4) is 0 Å². The Hall–Kier alpha value is -3.88. The number of ketones is 2. The van der Waals surface area contributed by atoms with Gasteiger partial charge in [-0.3, -0.25) is 38.4 Å². The predicted octanol–water partition coefficient (Wildman–Crippen LogP) is 0.0198. The van der Waals surface area contributed by atoms with Gasteiger partial charge < -0.3 is 36.4 Å². The van der Waals surface area contributed by atoms with Gasteiger partial charge in [0.05, 0.1) is 6.04 Å². The quantitative estimate of drug-likeness (QED) is 0.0723. The lowest BCUT2D eigenvalue weighted by atomic mass is 9.91. The van der Waals surface area contributed by atoms with Gasteiger partial charge in [0.2, 0.25) is 17.7 Å². The van der Waals surface area contributed by atoms with Gasteiger partial charge in [-0.15, -0.1) is 0 Å². The molecule has 0 aliphatic heterocycles. The van der Waals surface area contributed by atoms with Crippen molar-refractivity contribution in [2.75, 3.05) is 13.2 Å². The van der Waals surface area contributed by atoms with Gasteiger partial charge in [-0.05, 0) is 38.5 Å². The summed E-state index contributed by atoms with van der Waals surface area (Å²) in [6, 6.07) is -2.54. The van der Waals surface area contributed by atoms with Crippen molar-refractivity contribution in [3.63, 3.8) is 0 Å². The largest absolute Gasteiger partial charge is 0.481 e. The Labute approximate surface area is 243 Å². The summed E-state index contributed by atoms with van der Waals surface area (Å²) in [7, 11) is 0. The lowest BCUT2D eigenvalue weighted by molar-refractivity contribution is -0.140. The highest BCUT2D eigenvalue weighted by molar-refractivity contribution is 5.94. The number of hydrogen-bond acceptors (Lipinski definition) is 9. The Morgan fingerprint density at radius 2 is 1.19 bits per heavy atom. The lowest BCUT2D eigenvalue weighted by Crippen LogP contribution is -2.49. The molecule has 0 aliphatic carbocycles. The van der Waals surface area contributed by atoms with Crippen LogP contribution < -0.4 is 16.0 Å². The highest BCUT2D eigenvalue weighted by Crippen LogP contribution is 2.17. The molecular weight excluding hydrogens is 558 g/mol. The predicted molar refractivity (Wildman–Crippen MR) is 146 cm³/mol. The topological polar surface area (TPSA) is 254 Å². The maximum absolute atomic E-state index is 13.1. The van der Waals surface area contributed by atoms with Crippen molar-refractivity contribution < 1.29 is 58.8 Å². The molecule has 0 unspecified atom stereocenters. The van der Waals surface area contributed by atoms with E-state index in [1.807, 2.05) is 6.92 Å². The summed E-state index contributed by atoms with van der Waals surface area (Å²) in [6.07, 6.45) is -0.726. The first-order valence-corrected chi connectivity index (χ1v) is 13.9. The number of Topliss-reactive ketones (excluding diaryl/α,β-unsaturated/α-hetero) is 2. The van der Waals surface area contributed by atoms with Crippen LogP contribution in [0.2, 0.25) is 0 Å². The summed E-state index contributed by atoms with van der Waals surface area (Å²) < 4.78 is 0. The van der Waals surface area contributed by atoms with Crippen LogP contribution in [0.25, 0.3) is 0 Å². The van der Waals surface area contributed by atoms with Gasteiger partial charge in [0, 0.05) is 51.0 Å². The van der Waals surface area contributed by atoms with Crippen LogP contribution in [0.1, 0.15) is 84.5 Å². The molecule has 0 saturated heterocycles. The zero-order valence-electron chi connectivity index (χ0n) is 24.1. The molecule has 3 amide bonds. The molecule has 0 aliphatic rings. The number of rotatable bonds is 24. The minimum atomic E-state index is -1.31. The molecule has 0 bridgehead atoms. The average Bonchev–Trinajstić information content (AvgIpc) is 2.91. The monoisotopic (exact) mass is 601 g/mol. The van der Waals surface area contributed by atoms with Crippen molar-refractivity contribution in [2.24, 2.45) is 11.8 Å². The maximum Gasteiger partial charge on any atom is 0.303 e. The minimum absolute atomic E-state index is 0.158. The average molecular weight is 602 g/mol. The number of unbranched alkanes of at least 4 members (excludes halogenated alkanes) is 1. The van der Waals surface area contributed by atoms with Crippen LogP contribution in [0.15, 0.2) is 0 Å². The number of aliphatic hydroxyl groups is 1. The summed E-state index contributed by atoms with van der Waals surface area (Å²) in [5, 5.41) is 43.5. The normalized spacial score (nSPS) is 13.6. The molecule has 7 N–H and O–H groups in total. The second kappa shape index (κ2) is 20.9. The second-order valence-corrected chi connectivity index (χ2v) is 10.00. The van der Waals surface area contributed by atoms with Gasteiger partial charge in [-0.1, -0.05) is 13.3 Å². The molecule has 0 radical (unpaired) electrons. The number of carbonyl (C=O) groups is 8. The Bertz CT molecular complexity index is 968. The fraction of sp³-hybridized carbons (Fsp3) is 0.704. The maximum atomic E-state index is 13.1. The zero-order valence-corrected chi connectivity index (χ0v) is 24.1. The second-order valence-electron chi connectivity index (χ2n) is 10.00.